The van der Waals surface area contributed by atoms with Gasteiger partial charge >= 0.3 is 7.82 Å². The van der Waals surface area contributed by atoms with Crippen LogP contribution in [0.25, 0.3) is 0 Å². The normalized spacial score (nSPS) is 18.7. The molecule has 0 rings (SSSR count). The molecule has 97 valence electrons. The minimum Gasteiger partial charge on any atom is -0.388 e. The van der Waals surface area contributed by atoms with Crippen molar-refractivity contribution in [2.45, 2.75) is 24.4 Å². The molecule has 0 saturated heterocycles. The van der Waals surface area contributed by atoms with E-state index in [9.17, 15) is 9.36 Å². The van der Waals surface area contributed by atoms with Gasteiger partial charge in [-0.05, 0) is 0 Å². The Morgan fingerprint density at radius 2 is 1.59 bits per heavy atom. The molecule has 0 aromatic rings. The van der Waals surface area contributed by atoms with Gasteiger partial charge in [-0.15, -0.1) is 0 Å². The van der Waals surface area contributed by atoms with Crippen LogP contribution in [-0.2, 0) is 13.9 Å². The Morgan fingerprint density at radius 1 is 1.12 bits per heavy atom. The van der Waals surface area contributed by atoms with Crippen LogP contribution in [0.5, 0.6) is 0 Å². The van der Waals surface area contributed by atoms with E-state index in [2.05, 4.69) is 4.52 Å². The first-order valence-electron chi connectivity index (χ1n) is 4.06. The summed E-state index contributed by atoms with van der Waals surface area (Å²) in [6.07, 6.45) is -7.80. The van der Waals surface area contributed by atoms with E-state index in [1.807, 2.05) is 0 Å². The molecule has 0 fully saturated rings. The molecular weight excluding hydrogens is 286 g/mol. The van der Waals surface area contributed by atoms with Crippen LogP contribution in [-0.4, -0.2) is 119 Å². The van der Waals surface area contributed by atoms with E-state index < -0.39 is 38.8 Å². The van der Waals surface area contributed by atoms with E-state index in [0.29, 0.717) is 0 Å². The number of hydrogen-bond donors (Lipinski definition) is 6. The monoisotopic (exact) mass is 299 g/mol. The van der Waals surface area contributed by atoms with Crippen LogP contribution >= 0.6 is 7.82 Å². The van der Waals surface area contributed by atoms with Crippen molar-refractivity contribution in [2.75, 3.05) is 6.61 Å². The second kappa shape index (κ2) is 9.21. The number of phosphoric acid groups is 1. The molecule has 0 heterocycles. The molecule has 0 amide bonds. The number of phosphoric ester groups is 1. The fourth-order valence-electron chi connectivity index (χ4n) is 0.782. The summed E-state index contributed by atoms with van der Waals surface area (Å²) < 4.78 is 14.1. The number of carbonyl (C=O) groups excluding carboxylic acids is 1. The number of carbonyl (C=O) groups is 1. The Labute approximate surface area is 139 Å². The average Bonchev–Trinajstić information content (AvgIpc) is 2.21. The maximum atomic E-state index is 10.2. The van der Waals surface area contributed by atoms with Crippen LogP contribution in [0.2, 0.25) is 0 Å². The summed E-state index contributed by atoms with van der Waals surface area (Å²) in [5.74, 6) is 0. The van der Waals surface area contributed by atoms with Crippen molar-refractivity contribution in [1.82, 2.24) is 0 Å². The smallest absolute Gasteiger partial charge is 0.388 e. The van der Waals surface area contributed by atoms with Crippen molar-refractivity contribution in [3.8, 4) is 0 Å². The number of aliphatic hydroxyl groups excluding tert-OH is 4. The molecule has 0 aromatic carbocycles. The summed E-state index contributed by atoms with van der Waals surface area (Å²) in [5, 5.41) is 36.1. The molecule has 6 N–H and O–H groups in total. The van der Waals surface area contributed by atoms with Crippen LogP contribution in [0.4, 0.5) is 0 Å². The van der Waals surface area contributed by atoms with Gasteiger partial charge in [0.15, 0.2) is 6.29 Å². The van der Waals surface area contributed by atoms with Gasteiger partial charge in [-0.25, -0.2) is 4.57 Å². The number of aliphatic hydroxyl groups is 4. The van der Waals surface area contributed by atoms with Gasteiger partial charge in [-0.1, -0.05) is 0 Å². The third kappa shape index (κ3) is 8.89. The Kier molecular flexibility index (Phi) is 11.1. The fourth-order valence-corrected chi connectivity index (χ4v) is 1.13. The molecule has 0 spiro atoms. The molecule has 0 bridgehead atoms. The first-order valence-corrected chi connectivity index (χ1v) is 5.59. The van der Waals surface area contributed by atoms with Crippen molar-refractivity contribution in [3.63, 3.8) is 0 Å². The number of rotatable bonds is 7. The van der Waals surface area contributed by atoms with Crippen LogP contribution in [0.15, 0.2) is 0 Å². The molecule has 0 aliphatic heterocycles. The largest absolute Gasteiger partial charge is 0.469 e. The predicted octanol–water partition coefficient (Wildman–Crippen LogP) is -3.64. The van der Waals surface area contributed by atoms with Gasteiger partial charge in [0.2, 0.25) is 0 Å². The molecule has 4 atom stereocenters. The van der Waals surface area contributed by atoms with Crippen molar-refractivity contribution < 1.29 is 44.1 Å². The predicted molar refractivity (Wildman–Crippen MR) is 53.8 cm³/mol. The van der Waals surface area contributed by atoms with Crippen LogP contribution in [0.3, 0.4) is 0 Å². The fraction of sp³-hybridized carbons (Fsp3) is 0.833. The Bertz CT molecular complexity index is 268. The zero-order valence-electron chi connectivity index (χ0n) is 8.95. The van der Waals surface area contributed by atoms with E-state index in [4.69, 9.17) is 30.2 Å². The van der Waals surface area contributed by atoms with E-state index >= 15 is 0 Å². The minimum atomic E-state index is -4.80. The molecule has 0 aromatic heterocycles. The second-order valence-corrected chi connectivity index (χ2v) is 4.20. The zero-order chi connectivity index (χ0) is 12.9. The first-order chi connectivity index (χ1) is 7.19. The Morgan fingerprint density at radius 3 is 1.94 bits per heavy atom. The third-order valence-corrected chi connectivity index (χ3v) is 2.13. The van der Waals surface area contributed by atoms with Crippen molar-refractivity contribution in [2.24, 2.45) is 0 Å². The summed E-state index contributed by atoms with van der Waals surface area (Å²) in [7, 11) is -4.80. The molecule has 0 saturated carbocycles. The van der Waals surface area contributed by atoms with Crippen molar-refractivity contribution in [3.05, 3.63) is 0 Å². The zero-order valence-corrected chi connectivity index (χ0v) is 13.0. The number of aldehydes is 1. The van der Waals surface area contributed by atoms with Gasteiger partial charge in [-0.3, -0.25) is 4.52 Å². The second-order valence-electron chi connectivity index (χ2n) is 2.96. The van der Waals surface area contributed by atoms with Gasteiger partial charge in [0, 0.05) is 51.4 Å². The molecule has 0 aliphatic carbocycles. The summed E-state index contributed by atoms with van der Waals surface area (Å²) >= 11 is 0. The SMILES string of the molecule is O=C[C@H](O)[C@@H](O)[C@H](O)[C@H](O)COP(=O)(O)O.[K]. The van der Waals surface area contributed by atoms with E-state index in [1.165, 1.54) is 0 Å². The van der Waals surface area contributed by atoms with Gasteiger partial charge in [0.1, 0.15) is 24.4 Å². The average molecular weight is 299 g/mol. The van der Waals surface area contributed by atoms with E-state index in [1.54, 1.807) is 0 Å². The summed E-state index contributed by atoms with van der Waals surface area (Å²) in [5.41, 5.74) is 0. The topological polar surface area (TPSA) is 165 Å². The van der Waals surface area contributed by atoms with Crippen molar-refractivity contribution >= 4 is 65.5 Å². The molecule has 17 heavy (non-hydrogen) atoms. The van der Waals surface area contributed by atoms with Gasteiger partial charge in [-0.2, -0.15) is 0 Å². The van der Waals surface area contributed by atoms with E-state index in [-0.39, 0.29) is 57.7 Å². The van der Waals surface area contributed by atoms with Gasteiger partial charge in [0.05, 0.1) is 6.61 Å². The molecule has 11 heteroatoms. The standard InChI is InChI=1S/C6H13O9P.K/c7-1-3(8)5(10)6(11)4(9)2-15-16(12,13)14;/h1,3-6,8-11H,2H2,(H2,12,13,14);/t3-,4+,5+,6+;/m0./s1. The third-order valence-electron chi connectivity index (χ3n) is 1.65. The van der Waals surface area contributed by atoms with Crippen LogP contribution in [0.1, 0.15) is 0 Å². The van der Waals surface area contributed by atoms with Crippen LogP contribution < -0.4 is 0 Å². The quantitative estimate of drug-likeness (QED) is 0.158. The maximum absolute atomic E-state index is 10.2. The van der Waals surface area contributed by atoms with Crippen LogP contribution in [0, 0.1) is 0 Å². The summed E-state index contributed by atoms with van der Waals surface area (Å²) in [6, 6.07) is 0. The molecule has 9 nitrogen and oxygen atoms in total. The van der Waals surface area contributed by atoms with Crippen molar-refractivity contribution in [1.29, 1.82) is 0 Å². The minimum absolute atomic E-state index is 0. The van der Waals surface area contributed by atoms with E-state index in [0.717, 1.165) is 0 Å². The molecule has 0 unspecified atom stereocenters. The summed E-state index contributed by atoms with van der Waals surface area (Å²) in [6.45, 7) is -0.964. The molecular formula is C6H13KO9P. The van der Waals surface area contributed by atoms with Gasteiger partial charge < -0.3 is 35.0 Å². The molecule has 1 radical (unpaired) electrons. The van der Waals surface area contributed by atoms with Gasteiger partial charge in [0.25, 0.3) is 0 Å². The number of hydrogen-bond acceptors (Lipinski definition) is 7. The Hall–Kier alpha value is 1.26. The Balaban J connectivity index is 0. The summed E-state index contributed by atoms with van der Waals surface area (Å²) in [4.78, 5) is 26.6. The maximum Gasteiger partial charge on any atom is 0.469 e. The molecule has 0 aliphatic rings. The first kappa shape index (κ1) is 20.6.